The molecule has 11 nitrogen and oxygen atoms in total. The lowest BCUT2D eigenvalue weighted by Gasteiger charge is -2.31. The first-order valence-electron chi connectivity index (χ1n) is 11.0. The maximum absolute atomic E-state index is 13.5. The van der Waals surface area contributed by atoms with Crippen LogP contribution in [0.25, 0.3) is 0 Å². The number of hydrogen-bond acceptors (Lipinski definition) is 7. The van der Waals surface area contributed by atoms with Gasteiger partial charge in [-0.25, -0.2) is 8.42 Å². The number of amides is 2. The van der Waals surface area contributed by atoms with E-state index >= 15 is 0 Å². The monoisotopic (exact) mass is 540 g/mol. The van der Waals surface area contributed by atoms with E-state index in [-0.39, 0.29) is 23.7 Å². The minimum absolute atomic E-state index is 0.000385. The molecule has 0 fully saturated rings. The number of benzene rings is 2. The number of nitro benzene ring substituents is 1. The highest BCUT2D eigenvalue weighted by Gasteiger charge is 2.31. The van der Waals surface area contributed by atoms with Gasteiger partial charge in [0.25, 0.3) is 5.69 Å². The molecule has 196 valence electrons. The third kappa shape index (κ3) is 7.56. The summed E-state index contributed by atoms with van der Waals surface area (Å²) in [5.74, 6) is -1.07. The van der Waals surface area contributed by atoms with Crippen LogP contribution in [-0.4, -0.2) is 62.6 Å². The second-order valence-corrected chi connectivity index (χ2v) is 10.3. The Hall–Kier alpha value is -3.38. The number of ether oxygens (including phenoxy) is 1. The lowest BCUT2D eigenvalue weighted by molar-refractivity contribution is -0.384. The molecule has 0 unspecified atom stereocenters. The zero-order valence-corrected chi connectivity index (χ0v) is 22.0. The summed E-state index contributed by atoms with van der Waals surface area (Å²) in [4.78, 5) is 38.1. The summed E-state index contributed by atoms with van der Waals surface area (Å²) in [5, 5.41) is 14.5. The Balaban J connectivity index is 2.49. The van der Waals surface area contributed by atoms with Crippen molar-refractivity contribution in [2.24, 2.45) is 0 Å². The molecule has 0 bridgehead atoms. The van der Waals surface area contributed by atoms with Gasteiger partial charge in [0.1, 0.15) is 24.0 Å². The standard InChI is InChI=1S/C23H29ClN4O7S/c1-5-12-25-23(30)16(2)26(14-17-6-8-18(24)9-7-17)22(29)15-27(36(4,33)34)20-13-19(28(31)32)10-11-21(20)35-3/h6-11,13,16H,5,12,14-15H2,1-4H3,(H,25,30)/t16-/m0/s1. The third-order valence-corrected chi connectivity index (χ3v) is 6.68. The smallest absolute Gasteiger partial charge is 0.271 e. The van der Waals surface area contributed by atoms with E-state index < -0.39 is 39.3 Å². The van der Waals surface area contributed by atoms with Crippen molar-refractivity contribution in [2.75, 3.05) is 30.8 Å². The second kappa shape index (κ2) is 12.5. The zero-order valence-electron chi connectivity index (χ0n) is 20.4. The number of rotatable bonds is 12. The van der Waals surface area contributed by atoms with Crippen molar-refractivity contribution >= 4 is 44.8 Å². The largest absolute Gasteiger partial charge is 0.495 e. The Kier molecular flexibility index (Phi) is 10.1. The number of methoxy groups -OCH3 is 1. The molecule has 1 atom stereocenters. The summed E-state index contributed by atoms with van der Waals surface area (Å²) >= 11 is 5.95. The number of carbonyl (C=O) groups is 2. The number of carbonyl (C=O) groups excluding carboxylic acids is 2. The van der Waals surface area contributed by atoms with Gasteiger partial charge in [0.15, 0.2) is 0 Å². The van der Waals surface area contributed by atoms with Gasteiger partial charge in [0.05, 0.1) is 18.3 Å². The Morgan fingerprint density at radius 1 is 1.19 bits per heavy atom. The van der Waals surface area contributed by atoms with Crippen molar-refractivity contribution in [2.45, 2.75) is 32.9 Å². The highest BCUT2D eigenvalue weighted by molar-refractivity contribution is 7.92. The molecule has 2 aromatic carbocycles. The fraction of sp³-hybridized carbons (Fsp3) is 0.391. The van der Waals surface area contributed by atoms with Crippen LogP contribution in [0.15, 0.2) is 42.5 Å². The SMILES string of the molecule is CCCNC(=O)[C@H](C)N(Cc1ccc(Cl)cc1)C(=O)CN(c1cc([N+](=O)[O-])ccc1OC)S(C)(=O)=O. The first-order valence-corrected chi connectivity index (χ1v) is 13.2. The van der Waals surface area contributed by atoms with E-state index in [1.54, 1.807) is 24.3 Å². The van der Waals surface area contributed by atoms with Crippen LogP contribution < -0.4 is 14.4 Å². The molecule has 0 saturated heterocycles. The minimum atomic E-state index is -4.09. The molecule has 0 radical (unpaired) electrons. The van der Waals surface area contributed by atoms with E-state index in [2.05, 4.69) is 5.32 Å². The highest BCUT2D eigenvalue weighted by atomic mass is 35.5. The van der Waals surface area contributed by atoms with Gasteiger partial charge in [-0.3, -0.25) is 24.0 Å². The number of halogens is 1. The van der Waals surface area contributed by atoms with E-state index in [4.69, 9.17) is 16.3 Å². The first kappa shape index (κ1) is 28.9. The Bertz CT molecular complexity index is 1210. The molecular weight excluding hydrogens is 512 g/mol. The van der Waals surface area contributed by atoms with Crippen LogP contribution in [0.5, 0.6) is 5.75 Å². The predicted octanol–water partition coefficient (Wildman–Crippen LogP) is 2.97. The summed E-state index contributed by atoms with van der Waals surface area (Å²) in [6.07, 6.45) is 1.57. The molecule has 0 aromatic heterocycles. The quantitative estimate of drug-likeness (QED) is 0.322. The highest BCUT2D eigenvalue weighted by Crippen LogP contribution is 2.33. The van der Waals surface area contributed by atoms with Crippen LogP contribution >= 0.6 is 11.6 Å². The molecular formula is C23H29ClN4O7S. The molecule has 2 amide bonds. The van der Waals surface area contributed by atoms with Gasteiger partial charge in [-0.05, 0) is 37.1 Å². The van der Waals surface area contributed by atoms with Gasteiger partial charge in [-0.15, -0.1) is 0 Å². The van der Waals surface area contributed by atoms with Crippen molar-refractivity contribution < 1.29 is 27.7 Å². The van der Waals surface area contributed by atoms with Crippen LogP contribution in [0.2, 0.25) is 5.02 Å². The number of nitro groups is 1. The van der Waals surface area contributed by atoms with Crippen molar-refractivity contribution in [1.82, 2.24) is 10.2 Å². The fourth-order valence-electron chi connectivity index (χ4n) is 3.35. The molecule has 13 heteroatoms. The van der Waals surface area contributed by atoms with Gasteiger partial charge < -0.3 is 15.0 Å². The average molecular weight is 541 g/mol. The summed E-state index contributed by atoms with van der Waals surface area (Å²) in [6, 6.07) is 9.16. The van der Waals surface area contributed by atoms with Gasteiger partial charge in [-0.1, -0.05) is 30.7 Å². The van der Waals surface area contributed by atoms with Crippen molar-refractivity contribution in [3.05, 3.63) is 63.2 Å². The van der Waals surface area contributed by atoms with E-state index in [9.17, 15) is 28.1 Å². The molecule has 2 aromatic rings. The molecule has 0 saturated carbocycles. The van der Waals surface area contributed by atoms with Crippen molar-refractivity contribution in [3.63, 3.8) is 0 Å². The van der Waals surface area contributed by atoms with E-state index in [0.29, 0.717) is 23.6 Å². The number of sulfonamides is 1. The number of hydrogen-bond donors (Lipinski definition) is 1. The number of anilines is 1. The molecule has 0 heterocycles. The summed E-state index contributed by atoms with van der Waals surface area (Å²) < 4.78 is 31.4. The predicted molar refractivity (Wildman–Crippen MR) is 137 cm³/mol. The Morgan fingerprint density at radius 2 is 1.83 bits per heavy atom. The first-order chi connectivity index (χ1) is 16.9. The molecule has 0 aliphatic carbocycles. The fourth-order valence-corrected chi connectivity index (χ4v) is 4.32. The van der Waals surface area contributed by atoms with E-state index in [1.807, 2.05) is 6.92 Å². The number of nitrogens with one attached hydrogen (secondary N) is 1. The number of nitrogens with zero attached hydrogens (tertiary/aromatic N) is 3. The molecule has 2 rings (SSSR count). The minimum Gasteiger partial charge on any atom is -0.495 e. The van der Waals surface area contributed by atoms with Gasteiger partial charge in [0, 0.05) is 30.2 Å². The summed E-state index contributed by atoms with van der Waals surface area (Å²) in [7, 11) is -2.82. The Morgan fingerprint density at radius 3 is 2.36 bits per heavy atom. The zero-order chi connectivity index (χ0) is 27.0. The summed E-state index contributed by atoms with van der Waals surface area (Å²) in [6.45, 7) is 3.12. The van der Waals surface area contributed by atoms with Crippen molar-refractivity contribution in [3.8, 4) is 5.75 Å². The van der Waals surface area contributed by atoms with Gasteiger partial charge in [-0.2, -0.15) is 0 Å². The van der Waals surface area contributed by atoms with E-state index in [0.717, 1.165) is 22.7 Å². The van der Waals surface area contributed by atoms with Crippen LogP contribution in [0.3, 0.4) is 0 Å². The topological polar surface area (TPSA) is 139 Å². The normalized spacial score (nSPS) is 11.9. The molecule has 0 spiro atoms. The lowest BCUT2D eigenvalue weighted by atomic mass is 10.1. The number of non-ortho nitro benzene ring substituents is 1. The lowest BCUT2D eigenvalue weighted by Crippen LogP contribution is -2.51. The maximum Gasteiger partial charge on any atom is 0.271 e. The average Bonchev–Trinajstić information content (AvgIpc) is 2.83. The molecule has 0 aliphatic rings. The Labute approximate surface area is 215 Å². The van der Waals surface area contributed by atoms with Crippen molar-refractivity contribution in [1.29, 1.82) is 0 Å². The molecule has 36 heavy (non-hydrogen) atoms. The van der Waals surface area contributed by atoms with Crippen LogP contribution in [0.4, 0.5) is 11.4 Å². The van der Waals surface area contributed by atoms with Crippen LogP contribution in [-0.2, 0) is 26.2 Å². The maximum atomic E-state index is 13.5. The van der Waals surface area contributed by atoms with E-state index in [1.165, 1.54) is 25.0 Å². The van der Waals surface area contributed by atoms with Crippen LogP contribution in [0.1, 0.15) is 25.8 Å². The molecule has 1 N–H and O–H groups in total. The van der Waals surface area contributed by atoms with Gasteiger partial charge in [0.2, 0.25) is 21.8 Å². The second-order valence-electron chi connectivity index (χ2n) is 8.00. The van der Waals surface area contributed by atoms with Crippen LogP contribution in [0, 0.1) is 10.1 Å². The third-order valence-electron chi connectivity index (χ3n) is 5.30. The van der Waals surface area contributed by atoms with Gasteiger partial charge >= 0.3 is 0 Å². The molecule has 0 aliphatic heterocycles. The summed E-state index contributed by atoms with van der Waals surface area (Å²) in [5.41, 5.74) is 0.121.